The van der Waals surface area contributed by atoms with Crippen LogP contribution in [0.1, 0.15) is 46.3 Å². The number of amides is 1. The number of piperidine rings is 1. The van der Waals surface area contributed by atoms with E-state index in [1.54, 1.807) is 16.2 Å². The Morgan fingerprint density at radius 2 is 2.05 bits per heavy atom. The molecule has 1 aromatic rings. The fraction of sp³-hybridized carbons (Fsp3) is 0.625. The minimum atomic E-state index is -0.787. The number of fused-ring (bicyclic) bond motifs is 1. The van der Waals surface area contributed by atoms with Crippen LogP contribution in [0.2, 0.25) is 0 Å². The van der Waals surface area contributed by atoms with E-state index in [1.807, 2.05) is 13.0 Å². The lowest BCUT2D eigenvalue weighted by molar-refractivity contribution is -0.143. The van der Waals surface area contributed by atoms with Crippen molar-refractivity contribution in [2.75, 3.05) is 13.1 Å². The van der Waals surface area contributed by atoms with Crippen LogP contribution in [0.15, 0.2) is 6.07 Å². The van der Waals surface area contributed by atoms with Gasteiger partial charge in [0.1, 0.15) is 0 Å². The van der Waals surface area contributed by atoms with Crippen LogP contribution in [0.25, 0.3) is 0 Å². The van der Waals surface area contributed by atoms with Crippen molar-refractivity contribution in [2.45, 2.75) is 39.0 Å². The third-order valence-corrected chi connectivity index (χ3v) is 5.73. The Hall–Kier alpha value is -1.36. The zero-order valence-corrected chi connectivity index (χ0v) is 13.1. The van der Waals surface area contributed by atoms with Gasteiger partial charge < -0.3 is 10.0 Å². The largest absolute Gasteiger partial charge is 0.481 e. The first-order valence-electron chi connectivity index (χ1n) is 7.68. The number of hydrogen-bond donors (Lipinski definition) is 1. The fourth-order valence-corrected chi connectivity index (χ4v) is 4.67. The van der Waals surface area contributed by atoms with Crippen LogP contribution in [0, 0.1) is 11.8 Å². The molecule has 0 saturated carbocycles. The van der Waals surface area contributed by atoms with Gasteiger partial charge in [-0.25, -0.2) is 0 Å². The molecule has 1 saturated heterocycles. The van der Waals surface area contributed by atoms with Gasteiger partial charge in [-0.2, -0.15) is 0 Å². The van der Waals surface area contributed by atoms with E-state index in [0.29, 0.717) is 19.5 Å². The summed E-state index contributed by atoms with van der Waals surface area (Å²) in [6, 6.07) is 2.04. The summed E-state index contributed by atoms with van der Waals surface area (Å²) >= 11 is 1.61. The topological polar surface area (TPSA) is 57.6 Å². The molecule has 0 spiro atoms. The normalized spacial score (nSPS) is 25.5. The van der Waals surface area contributed by atoms with Crippen molar-refractivity contribution in [3.8, 4) is 0 Å². The van der Waals surface area contributed by atoms with Crippen molar-refractivity contribution < 1.29 is 14.7 Å². The molecule has 5 heteroatoms. The van der Waals surface area contributed by atoms with Crippen LogP contribution in [-0.4, -0.2) is 35.0 Å². The number of aliphatic carboxylic acids is 1. The number of aryl methyl sites for hydroxylation is 2. The molecule has 0 bridgehead atoms. The SMILES string of the molecule is CC1CC(C(=O)O)CN(C(=O)c2cc3c(s2)CCCC3)C1. The predicted molar refractivity (Wildman–Crippen MR) is 81.8 cm³/mol. The number of carboxylic acid groups (broad SMARTS) is 1. The van der Waals surface area contributed by atoms with E-state index >= 15 is 0 Å². The van der Waals surface area contributed by atoms with Crippen LogP contribution in [0.4, 0.5) is 0 Å². The van der Waals surface area contributed by atoms with Crippen LogP contribution >= 0.6 is 11.3 Å². The average molecular weight is 307 g/mol. The van der Waals surface area contributed by atoms with Gasteiger partial charge in [-0.1, -0.05) is 6.92 Å². The lowest BCUT2D eigenvalue weighted by atomic mass is 9.90. The quantitative estimate of drug-likeness (QED) is 0.914. The second kappa shape index (κ2) is 5.79. The smallest absolute Gasteiger partial charge is 0.308 e. The Kier molecular flexibility index (Phi) is 4.02. The Labute approximate surface area is 128 Å². The van der Waals surface area contributed by atoms with Crippen molar-refractivity contribution in [2.24, 2.45) is 11.8 Å². The van der Waals surface area contributed by atoms with Gasteiger partial charge in [0.05, 0.1) is 10.8 Å². The van der Waals surface area contributed by atoms with Gasteiger partial charge in [0, 0.05) is 18.0 Å². The molecule has 1 aromatic heterocycles. The molecule has 1 amide bonds. The number of rotatable bonds is 2. The monoisotopic (exact) mass is 307 g/mol. The Bertz CT molecular complexity index is 542. The molecule has 3 rings (SSSR count). The number of thiophene rings is 1. The van der Waals surface area contributed by atoms with E-state index < -0.39 is 11.9 Å². The Morgan fingerprint density at radius 3 is 2.76 bits per heavy atom. The molecule has 1 aliphatic heterocycles. The van der Waals surface area contributed by atoms with Gasteiger partial charge >= 0.3 is 5.97 Å². The standard InChI is InChI=1S/C16H21NO3S/c1-10-6-12(16(19)20)9-17(8-10)15(18)14-7-11-4-2-3-5-13(11)21-14/h7,10,12H,2-6,8-9H2,1H3,(H,19,20). The number of likely N-dealkylation sites (tertiary alicyclic amines) is 1. The average Bonchev–Trinajstić information content (AvgIpc) is 2.89. The minimum absolute atomic E-state index is 0.0206. The number of nitrogens with zero attached hydrogens (tertiary/aromatic N) is 1. The van der Waals surface area contributed by atoms with E-state index in [9.17, 15) is 14.7 Å². The van der Waals surface area contributed by atoms with Gasteiger partial charge in [-0.15, -0.1) is 11.3 Å². The molecule has 2 aliphatic rings. The number of carbonyl (C=O) groups is 2. The summed E-state index contributed by atoms with van der Waals surface area (Å²) < 4.78 is 0. The molecule has 4 nitrogen and oxygen atoms in total. The van der Waals surface area contributed by atoms with E-state index in [4.69, 9.17) is 0 Å². The summed E-state index contributed by atoms with van der Waals surface area (Å²) in [4.78, 5) is 27.8. The highest BCUT2D eigenvalue weighted by Gasteiger charge is 2.33. The summed E-state index contributed by atoms with van der Waals surface area (Å²) in [5.74, 6) is -0.942. The van der Waals surface area contributed by atoms with Gasteiger partial charge in [0.2, 0.25) is 0 Å². The maximum Gasteiger partial charge on any atom is 0.308 e. The molecule has 1 aliphatic carbocycles. The third-order valence-electron chi connectivity index (χ3n) is 4.50. The summed E-state index contributed by atoms with van der Waals surface area (Å²) in [5.41, 5.74) is 1.33. The molecule has 21 heavy (non-hydrogen) atoms. The Morgan fingerprint density at radius 1 is 1.29 bits per heavy atom. The lowest BCUT2D eigenvalue weighted by Gasteiger charge is -2.34. The van der Waals surface area contributed by atoms with Crippen molar-refractivity contribution in [1.82, 2.24) is 4.90 Å². The molecule has 0 radical (unpaired) electrons. The van der Waals surface area contributed by atoms with Crippen LogP contribution < -0.4 is 0 Å². The second-order valence-corrected chi connectivity index (χ2v) is 7.49. The molecule has 0 aromatic carbocycles. The first-order valence-corrected chi connectivity index (χ1v) is 8.50. The Balaban J connectivity index is 1.77. The lowest BCUT2D eigenvalue weighted by Crippen LogP contribution is -2.45. The first kappa shape index (κ1) is 14.6. The molecule has 1 fully saturated rings. The second-order valence-electron chi connectivity index (χ2n) is 6.35. The highest BCUT2D eigenvalue weighted by atomic mass is 32.1. The van der Waals surface area contributed by atoms with Crippen LogP contribution in [0.3, 0.4) is 0 Å². The van der Waals surface area contributed by atoms with Gasteiger partial charge in [0.25, 0.3) is 5.91 Å². The maximum absolute atomic E-state index is 12.7. The van der Waals surface area contributed by atoms with Crippen LogP contribution in [0.5, 0.6) is 0 Å². The minimum Gasteiger partial charge on any atom is -0.481 e. The van der Waals surface area contributed by atoms with E-state index in [2.05, 4.69) is 0 Å². The van der Waals surface area contributed by atoms with Crippen molar-refractivity contribution in [1.29, 1.82) is 0 Å². The zero-order valence-electron chi connectivity index (χ0n) is 12.3. The summed E-state index contributed by atoms with van der Waals surface area (Å²) in [7, 11) is 0. The molecule has 2 heterocycles. The molecular weight excluding hydrogens is 286 g/mol. The van der Waals surface area contributed by atoms with E-state index in [0.717, 1.165) is 17.7 Å². The molecule has 2 atom stereocenters. The van der Waals surface area contributed by atoms with Crippen LogP contribution in [-0.2, 0) is 17.6 Å². The van der Waals surface area contributed by atoms with E-state index in [1.165, 1.54) is 23.3 Å². The summed E-state index contributed by atoms with van der Waals surface area (Å²) in [5, 5.41) is 9.22. The fourth-order valence-electron chi connectivity index (χ4n) is 3.45. The first-order chi connectivity index (χ1) is 10.0. The number of carboxylic acids is 1. The number of hydrogen-bond acceptors (Lipinski definition) is 3. The van der Waals surface area contributed by atoms with Crippen molar-refractivity contribution >= 4 is 23.2 Å². The third kappa shape index (κ3) is 2.98. The highest BCUT2D eigenvalue weighted by Crippen LogP contribution is 2.31. The summed E-state index contributed by atoms with van der Waals surface area (Å²) in [6.45, 7) is 3.04. The molecule has 2 unspecified atom stereocenters. The maximum atomic E-state index is 12.7. The van der Waals surface area contributed by atoms with E-state index in [-0.39, 0.29) is 11.8 Å². The molecule has 1 N–H and O–H groups in total. The van der Waals surface area contributed by atoms with Gasteiger partial charge in [0.15, 0.2) is 0 Å². The predicted octanol–water partition coefficient (Wildman–Crippen LogP) is 2.81. The zero-order chi connectivity index (χ0) is 15.0. The van der Waals surface area contributed by atoms with Crippen molar-refractivity contribution in [3.05, 3.63) is 21.4 Å². The number of carbonyl (C=O) groups excluding carboxylic acids is 1. The highest BCUT2D eigenvalue weighted by molar-refractivity contribution is 7.14. The van der Waals surface area contributed by atoms with Crippen molar-refractivity contribution in [3.63, 3.8) is 0 Å². The molecular formula is C16H21NO3S. The summed E-state index contributed by atoms with van der Waals surface area (Å²) in [6.07, 6.45) is 5.25. The molecule has 114 valence electrons. The van der Waals surface area contributed by atoms with Gasteiger partial charge in [-0.05, 0) is 49.7 Å². The van der Waals surface area contributed by atoms with Gasteiger partial charge in [-0.3, -0.25) is 9.59 Å².